The number of rotatable bonds is 6. The number of nitrogens with one attached hydrogen (secondary N) is 2. The minimum Gasteiger partial charge on any atom is -0.353 e. The lowest BCUT2D eigenvalue weighted by Gasteiger charge is -2.31. The van der Waals surface area contributed by atoms with Crippen LogP contribution >= 0.6 is 0 Å². The Balaban J connectivity index is 1.22. The predicted octanol–water partition coefficient (Wildman–Crippen LogP) is 1.83. The summed E-state index contributed by atoms with van der Waals surface area (Å²) < 4.78 is 0. The number of pyridine rings is 1. The van der Waals surface area contributed by atoms with Gasteiger partial charge in [0.15, 0.2) is 0 Å². The Morgan fingerprint density at radius 1 is 1.06 bits per heavy atom. The third-order valence-corrected chi connectivity index (χ3v) is 6.07. The molecule has 2 saturated heterocycles. The maximum absolute atomic E-state index is 12.7. The van der Waals surface area contributed by atoms with Crippen molar-refractivity contribution in [3.05, 3.63) is 54.2 Å². The van der Waals surface area contributed by atoms with Crippen molar-refractivity contribution in [2.45, 2.75) is 25.7 Å². The lowest BCUT2D eigenvalue weighted by molar-refractivity contribution is -0.134. The normalized spacial score (nSPS) is 17.1. The van der Waals surface area contributed by atoms with Gasteiger partial charge in [-0.05, 0) is 37.0 Å². The van der Waals surface area contributed by atoms with Crippen molar-refractivity contribution in [2.75, 3.05) is 42.9 Å². The summed E-state index contributed by atoms with van der Waals surface area (Å²) in [6.45, 7) is 2.83. The summed E-state index contributed by atoms with van der Waals surface area (Å²) in [7, 11) is 0. The van der Waals surface area contributed by atoms with E-state index < -0.39 is 0 Å². The average Bonchev–Trinajstić information content (AvgIpc) is 2.84. The first-order valence-electron chi connectivity index (χ1n) is 11.2. The molecule has 8 heteroatoms. The standard InChI is InChI=1S/C24H29N5O3/c30-22-17-29(15-12-25-22)21-8-7-20(16-26-21)27-24(32)19-10-13-28(14-11-19)23(31)9-6-18-4-2-1-3-5-18/h1-5,7-8,16,19H,6,9-15,17H2,(H,25,30)(H,27,32). The number of aromatic nitrogens is 1. The van der Waals surface area contributed by atoms with Crippen molar-refractivity contribution in [2.24, 2.45) is 5.92 Å². The van der Waals surface area contributed by atoms with Crippen LogP contribution in [0.15, 0.2) is 48.7 Å². The van der Waals surface area contributed by atoms with E-state index in [0.29, 0.717) is 57.7 Å². The maximum Gasteiger partial charge on any atom is 0.239 e. The zero-order chi connectivity index (χ0) is 22.3. The van der Waals surface area contributed by atoms with Gasteiger partial charge in [0.2, 0.25) is 17.7 Å². The zero-order valence-electron chi connectivity index (χ0n) is 18.1. The van der Waals surface area contributed by atoms with E-state index in [1.54, 1.807) is 6.20 Å². The van der Waals surface area contributed by atoms with E-state index in [9.17, 15) is 14.4 Å². The Kier molecular flexibility index (Phi) is 6.99. The number of benzene rings is 1. The number of aryl methyl sites for hydroxylation is 1. The van der Waals surface area contributed by atoms with Crippen LogP contribution in [0.3, 0.4) is 0 Å². The SMILES string of the molecule is O=C1CN(c2ccc(NC(=O)C3CCN(C(=O)CCc4ccccc4)CC3)cn2)CCN1. The van der Waals surface area contributed by atoms with Gasteiger partial charge >= 0.3 is 0 Å². The Morgan fingerprint density at radius 2 is 1.84 bits per heavy atom. The van der Waals surface area contributed by atoms with Crippen LogP contribution in [-0.4, -0.2) is 60.3 Å². The van der Waals surface area contributed by atoms with Crippen LogP contribution < -0.4 is 15.5 Å². The summed E-state index contributed by atoms with van der Waals surface area (Å²) in [4.78, 5) is 44.9. The molecule has 2 aromatic rings. The van der Waals surface area contributed by atoms with Gasteiger partial charge in [-0.2, -0.15) is 0 Å². The summed E-state index contributed by atoms with van der Waals surface area (Å²) in [5, 5.41) is 5.73. The predicted molar refractivity (Wildman–Crippen MR) is 122 cm³/mol. The van der Waals surface area contributed by atoms with Crippen molar-refractivity contribution >= 4 is 29.2 Å². The molecule has 0 atom stereocenters. The second kappa shape index (κ2) is 10.3. The number of amides is 3. The van der Waals surface area contributed by atoms with Crippen LogP contribution in [0.25, 0.3) is 0 Å². The van der Waals surface area contributed by atoms with Gasteiger partial charge in [-0.1, -0.05) is 30.3 Å². The fraction of sp³-hybridized carbons (Fsp3) is 0.417. The molecule has 3 heterocycles. The van der Waals surface area contributed by atoms with Gasteiger partial charge in [0.25, 0.3) is 0 Å². The number of nitrogens with zero attached hydrogens (tertiary/aromatic N) is 3. The molecule has 1 aromatic heterocycles. The molecule has 2 aliphatic rings. The molecular formula is C24H29N5O3. The van der Waals surface area contributed by atoms with Crippen LogP contribution in [-0.2, 0) is 20.8 Å². The van der Waals surface area contributed by atoms with Crippen LogP contribution in [0.1, 0.15) is 24.8 Å². The molecule has 4 rings (SSSR count). The van der Waals surface area contributed by atoms with E-state index in [2.05, 4.69) is 15.6 Å². The number of piperidine rings is 1. The monoisotopic (exact) mass is 435 g/mol. The Morgan fingerprint density at radius 3 is 2.53 bits per heavy atom. The van der Waals surface area contributed by atoms with Gasteiger partial charge in [-0.15, -0.1) is 0 Å². The third-order valence-electron chi connectivity index (χ3n) is 6.07. The van der Waals surface area contributed by atoms with E-state index in [4.69, 9.17) is 0 Å². The topological polar surface area (TPSA) is 94.6 Å². The van der Waals surface area contributed by atoms with E-state index in [1.165, 1.54) is 5.56 Å². The second-order valence-electron chi connectivity index (χ2n) is 8.31. The van der Waals surface area contributed by atoms with Crippen molar-refractivity contribution in [3.63, 3.8) is 0 Å². The molecule has 0 unspecified atom stereocenters. The number of carbonyl (C=O) groups is 3. The number of likely N-dealkylation sites (tertiary alicyclic amines) is 1. The maximum atomic E-state index is 12.7. The Hall–Kier alpha value is -3.42. The second-order valence-corrected chi connectivity index (χ2v) is 8.31. The highest BCUT2D eigenvalue weighted by molar-refractivity contribution is 5.92. The van der Waals surface area contributed by atoms with Gasteiger partial charge in [0, 0.05) is 38.5 Å². The molecule has 0 bridgehead atoms. The lowest BCUT2D eigenvalue weighted by atomic mass is 9.95. The van der Waals surface area contributed by atoms with Crippen molar-refractivity contribution < 1.29 is 14.4 Å². The quantitative estimate of drug-likeness (QED) is 0.722. The molecular weight excluding hydrogens is 406 g/mol. The first-order valence-corrected chi connectivity index (χ1v) is 11.2. The highest BCUT2D eigenvalue weighted by Crippen LogP contribution is 2.21. The van der Waals surface area contributed by atoms with Crippen molar-refractivity contribution in [1.82, 2.24) is 15.2 Å². The molecule has 2 fully saturated rings. The molecule has 168 valence electrons. The summed E-state index contributed by atoms with van der Waals surface area (Å²) in [5.74, 6) is 0.714. The van der Waals surface area contributed by atoms with Gasteiger partial charge in [0.1, 0.15) is 5.82 Å². The number of piperazine rings is 1. The molecule has 2 N–H and O–H groups in total. The molecule has 8 nitrogen and oxygen atoms in total. The average molecular weight is 436 g/mol. The van der Waals surface area contributed by atoms with Crippen LogP contribution in [0, 0.1) is 5.92 Å². The highest BCUT2D eigenvalue weighted by atomic mass is 16.2. The number of anilines is 2. The number of hydrogen-bond acceptors (Lipinski definition) is 5. The van der Waals surface area contributed by atoms with E-state index in [-0.39, 0.29) is 23.6 Å². The summed E-state index contributed by atoms with van der Waals surface area (Å²) in [6.07, 6.45) is 4.19. The first-order chi connectivity index (χ1) is 15.6. The van der Waals surface area contributed by atoms with Crippen LogP contribution in [0.2, 0.25) is 0 Å². The first kappa shape index (κ1) is 21.8. The zero-order valence-corrected chi connectivity index (χ0v) is 18.1. The fourth-order valence-electron chi connectivity index (χ4n) is 4.17. The van der Waals surface area contributed by atoms with Gasteiger partial charge in [-0.3, -0.25) is 14.4 Å². The molecule has 0 aliphatic carbocycles. The lowest BCUT2D eigenvalue weighted by Crippen LogP contribution is -2.48. The van der Waals surface area contributed by atoms with Gasteiger partial charge in [-0.25, -0.2) is 4.98 Å². The van der Waals surface area contributed by atoms with Crippen LogP contribution in [0.4, 0.5) is 11.5 Å². The smallest absolute Gasteiger partial charge is 0.239 e. The molecule has 1 aromatic carbocycles. The minimum absolute atomic E-state index is 0.0136. The molecule has 2 aliphatic heterocycles. The van der Waals surface area contributed by atoms with Gasteiger partial charge < -0.3 is 20.4 Å². The fourth-order valence-corrected chi connectivity index (χ4v) is 4.17. The van der Waals surface area contributed by atoms with E-state index in [1.807, 2.05) is 52.3 Å². The molecule has 32 heavy (non-hydrogen) atoms. The van der Waals surface area contributed by atoms with E-state index >= 15 is 0 Å². The van der Waals surface area contributed by atoms with Gasteiger partial charge in [0.05, 0.1) is 18.4 Å². The Bertz CT molecular complexity index is 940. The molecule has 0 saturated carbocycles. The van der Waals surface area contributed by atoms with Crippen molar-refractivity contribution in [1.29, 1.82) is 0 Å². The largest absolute Gasteiger partial charge is 0.353 e. The summed E-state index contributed by atoms with van der Waals surface area (Å²) in [5.41, 5.74) is 1.81. The molecule has 0 radical (unpaired) electrons. The third kappa shape index (κ3) is 5.63. The molecule has 3 amide bonds. The number of carbonyl (C=O) groups excluding carboxylic acids is 3. The Labute approximate surface area is 188 Å². The van der Waals surface area contributed by atoms with E-state index in [0.717, 1.165) is 12.2 Å². The van der Waals surface area contributed by atoms with Crippen molar-refractivity contribution in [3.8, 4) is 0 Å². The number of hydrogen-bond donors (Lipinski definition) is 2. The minimum atomic E-state index is -0.112. The summed E-state index contributed by atoms with van der Waals surface area (Å²) >= 11 is 0. The summed E-state index contributed by atoms with van der Waals surface area (Å²) in [6, 6.07) is 13.7. The molecule has 0 spiro atoms. The highest BCUT2D eigenvalue weighted by Gasteiger charge is 2.27. The van der Waals surface area contributed by atoms with Crippen LogP contribution in [0.5, 0.6) is 0 Å².